The molecule has 5 heteroatoms. The summed E-state index contributed by atoms with van der Waals surface area (Å²) in [7, 11) is 0. The molecule has 0 spiro atoms. The molecule has 3 rings (SSSR count). The summed E-state index contributed by atoms with van der Waals surface area (Å²) in [5.41, 5.74) is 0.669. The van der Waals surface area contributed by atoms with Crippen molar-refractivity contribution >= 4 is 0 Å². The number of benzene rings is 2. The normalized spacial score (nSPS) is 13.9. The van der Waals surface area contributed by atoms with Gasteiger partial charge in [0.05, 0.1) is 5.56 Å². The van der Waals surface area contributed by atoms with Crippen LogP contribution in [0.3, 0.4) is 0 Å². The number of halogens is 3. The molecule has 24 heavy (non-hydrogen) atoms. The van der Waals surface area contributed by atoms with Crippen LogP contribution in [-0.4, -0.2) is 6.10 Å². The first-order chi connectivity index (χ1) is 11.6. The smallest absolute Gasteiger partial charge is 0.140 e. The quantitative estimate of drug-likeness (QED) is 0.764. The number of rotatable bonds is 4. The van der Waals surface area contributed by atoms with E-state index in [1.807, 2.05) is 18.2 Å². The Morgan fingerprint density at radius 3 is 2.42 bits per heavy atom. The van der Waals surface area contributed by atoms with Crippen molar-refractivity contribution in [3.63, 3.8) is 0 Å². The summed E-state index contributed by atoms with van der Waals surface area (Å²) >= 11 is 0. The van der Waals surface area contributed by atoms with Crippen LogP contribution in [0.15, 0.2) is 42.5 Å². The van der Waals surface area contributed by atoms with Crippen LogP contribution < -0.4 is 4.74 Å². The molecule has 2 aromatic carbocycles. The van der Waals surface area contributed by atoms with E-state index >= 15 is 0 Å². The zero-order chi connectivity index (χ0) is 17.1. The Hall–Kier alpha value is -2.74. The maximum absolute atomic E-state index is 13.9. The third kappa shape index (κ3) is 3.43. The van der Waals surface area contributed by atoms with Crippen molar-refractivity contribution < 1.29 is 17.9 Å². The Bertz CT molecular complexity index is 831. The van der Waals surface area contributed by atoms with Crippen molar-refractivity contribution in [3.8, 4) is 11.8 Å². The second kappa shape index (κ2) is 6.79. The van der Waals surface area contributed by atoms with E-state index in [1.165, 1.54) is 18.2 Å². The fourth-order valence-electron chi connectivity index (χ4n) is 2.73. The fourth-order valence-corrected chi connectivity index (χ4v) is 2.73. The Morgan fingerprint density at radius 2 is 1.75 bits per heavy atom. The summed E-state index contributed by atoms with van der Waals surface area (Å²) in [6.07, 6.45) is 5.17. The van der Waals surface area contributed by atoms with Crippen LogP contribution in [-0.2, 0) is 6.42 Å². The summed E-state index contributed by atoms with van der Waals surface area (Å²) in [6.45, 7) is 0. The first kappa shape index (κ1) is 16.1. The highest BCUT2D eigenvalue weighted by atomic mass is 19.1. The molecular weight excluding hydrogens is 315 g/mol. The largest absolute Gasteiger partial charge is 0.488 e. The average molecular weight is 329 g/mol. The highest BCUT2D eigenvalue weighted by Crippen LogP contribution is 2.29. The molecule has 2 aromatic rings. The average Bonchev–Trinajstić information content (AvgIpc) is 3.03. The molecule has 0 bridgehead atoms. The molecule has 1 aliphatic rings. The molecule has 0 unspecified atom stereocenters. The molecule has 1 aliphatic carbocycles. The van der Waals surface area contributed by atoms with Crippen molar-refractivity contribution in [1.82, 2.24) is 0 Å². The van der Waals surface area contributed by atoms with Crippen LogP contribution >= 0.6 is 0 Å². The van der Waals surface area contributed by atoms with E-state index in [2.05, 4.69) is 0 Å². The van der Waals surface area contributed by atoms with Crippen LogP contribution in [0.4, 0.5) is 13.2 Å². The van der Waals surface area contributed by atoms with Gasteiger partial charge in [-0.15, -0.1) is 0 Å². The number of hydrogen-bond donors (Lipinski definition) is 0. The van der Waals surface area contributed by atoms with Crippen LogP contribution in [0.5, 0.6) is 5.75 Å². The second-order valence-corrected chi connectivity index (χ2v) is 5.65. The number of nitrogens with zero attached hydrogens (tertiary/aromatic N) is 1. The maximum Gasteiger partial charge on any atom is 0.140 e. The maximum atomic E-state index is 13.9. The minimum absolute atomic E-state index is 0.0218. The van der Waals surface area contributed by atoms with Gasteiger partial charge in [0.15, 0.2) is 0 Å². The van der Waals surface area contributed by atoms with Gasteiger partial charge >= 0.3 is 0 Å². The molecule has 0 saturated carbocycles. The third-order valence-electron chi connectivity index (χ3n) is 3.91. The SMILES string of the molecule is N#Cc1c(Cc2ccc(F)cc2F)cc(F)cc1OC1CC=CC1. The zero-order valence-corrected chi connectivity index (χ0v) is 12.7. The molecule has 0 radical (unpaired) electrons. The van der Waals surface area contributed by atoms with Crippen molar-refractivity contribution in [2.24, 2.45) is 0 Å². The van der Waals surface area contributed by atoms with E-state index in [4.69, 9.17) is 4.74 Å². The summed E-state index contributed by atoms with van der Waals surface area (Å²) in [5.74, 6) is -1.82. The number of hydrogen-bond acceptors (Lipinski definition) is 2. The molecule has 2 nitrogen and oxygen atoms in total. The van der Waals surface area contributed by atoms with Gasteiger partial charge in [-0.1, -0.05) is 18.2 Å². The molecule has 0 aromatic heterocycles. The zero-order valence-electron chi connectivity index (χ0n) is 12.7. The lowest BCUT2D eigenvalue weighted by atomic mass is 9.99. The van der Waals surface area contributed by atoms with Gasteiger partial charge in [-0.05, 0) is 23.3 Å². The Balaban J connectivity index is 1.94. The van der Waals surface area contributed by atoms with Gasteiger partial charge in [0.25, 0.3) is 0 Å². The van der Waals surface area contributed by atoms with E-state index < -0.39 is 17.5 Å². The molecule has 0 aliphatic heterocycles. The fraction of sp³-hybridized carbons (Fsp3) is 0.211. The van der Waals surface area contributed by atoms with Crippen molar-refractivity contribution in [1.29, 1.82) is 5.26 Å². The van der Waals surface area contributed by atoms with Crippen molar-refractivity contribution in [2.75, 3.05) is 0 Å². The molecule has 0 fully saturated rings. The molecule has 122 valence electrons. The third-order valence-corrected chi connectivity index (χ3v) is 3.91. The van der Waals surface area contributed by atoms with Gasteiger partial charge < -0.3 is 4.74 Å². The summed E-state index contributed by atoms with van der Waals surface area (Å²) in [6, 6.07) is 7.54. The van der Waals surface area contributed by atoms with Crippen LogP contribution in [0.1, 0.15) is 29.5 Å². The predicted molar refractivity (Wildman–Crippen MR) is 83.1 cm³/mol. The van der Waals surface area contributed by atoms with E-state index in [0.717, 1.165) is 12.1 Å². The van der Waals surface area contributed by atoms with Crippen LogP contribution in [0.25, 0.3) is 0 Å². The van der Waals surface area contributed by atoms with E-state index in [-0.39, 0.29) is 29.4 Å². The summed E-state index contributed by atoms with van der Waals surface area (Å²) in [4.78, 5) is 0. The topological polar surface area (TPSA) is 33.0 Å². The Morgan fingerprint density at radius 1 is 1.00 bits per heavy atom. The molecule has 0 N–H and O–H groups in total. The van der Waals surface area contributed by atoms with Gasteiger partial charge in [-0.2, -0.15) is 5.26 Å². The van der Waals surface area contributed by atoms with Crippen LogP contribution in [0.2, 0.25) is 0 Å². The number of nitriles is 1. The summed E-state index contributed by atoms with van der Waals surface area (Å²) < 4.78 is 46.5. The highest BCUT2D eigenvalue weighted by Gasteiger charge is 2.19. The second-order valence-electron chi connectivity index (χ2n) is 5.65. The van der Waals surface area contributed by atoms with Gasteiger partial charge in [0, 0.05) is 31.4 Å². The highest BCUT2D eigenvalue weighted by molar-refractivity contribution is 5.51. The van der Waals surface area contributed by atoms with Gasteiger partial charge in [-0.25, -0.2) is 13.2 Å². The minimum Gasteiger partial charge on any atom is -0.488 e. The lowest BCUT2D eigenvalue weighted by molar-refractivity contribution is 0.215. The first-order valence-electron chi connectivity index (χ1n) is 7.55. The number of ether oxygens (including phenoxy) is 1. The van der Waals surface area contributed by atoms with E-state index in [9.17, 15) is 18.4 Å². The standard InChI is InChI=1S/C19H14F3NO/c20-14-6-5-12(18(22)9-14)7-13-8-15(21)10-19(17(13)11-23)24-16-3-1-2-4-16/h1-2,5-6,8-10,16H,3-4,7H2. The van der Waals surface area contributed by atoms with Gasteiger partial charge in [0.1, 0.15) is 35.4 Å². The molecule has 0 amide bonds. The van der Waals surface area contributed by atoms with E-state index in [0.29, 0.717) is 18.4 Å². The lowest BCUT2D eigenvalue weighted by Gasteiger charge is -2.16. The molecular formula is C19H14F3NO. The Kier molecular flexibility index (Phi) is 4.57. The Labute approximate surface area is 137 Å². The van der Waals surface area contributed by atoms with Gasteiger partial charge in [-0.3, -0.25) is 0 Å². The lowest BCUT2D eigenvalue weighted by Crippen LogP contribution is -2.13. The van der Waals surface area contributed by atoms with Crippen molar-refractivity contribution in [2.45, 2.75) is 25.4 Å². The molecule has 0 atom stereocenters. The minimum atomic E-state index is -0.731. The van der Waals surface area contributed by atoms with Crippen molar-refractivity contribution in [3.05, 3.63) is 76.6 Å². The summed E-state index contributed by atoms with van der Waals surface area (Å²) in [5, 5.41) is 9.43. The monoisotopic (exact) mass is 329 g/mol. The van der Waals surface area contributed by atoms with Crippen LogP contribution in [0, 0.1) is 28.8 Å². The molecule has 0 heterocycles. The predicted octanol–water partition coefficient (Wildman–Crippen LogP) is 4.66. The van der Waals surface area contributed by atoms with E-state index in [1.54, 1.807) is 0 Å². The first-order valence-corrected chi connectivity index (χ1v) is 7.55. The molecule has 0 saturated heterocycles. The van der Waals surface area contributed by atoms with Gasteiger partial charge in [0.2, 0.25) is 0 Å².